The number of amides is 1. The van der Waals surface area contributed by atoms with Gasteiger partial charge in [0.25, 0.3) is 0 Å². The Morgan fingerprint density at radius 2 is 1.64 bits per heavy atom. The molecule has 172 valence electrons. The Bertz CT molecular complexity index is 1220. The topological polar surface area (TPSA) is 112 Å². The number of fused-ring (bicyclic) bond motifs is 1. The van der Waals surface area contributed by atoms with E-state index in [0.29, 0.717) is 11.3 Å². The lowest BCUT2D eigenvalue weighted by Crippen LogP contribution is -2.39. The maximum absolute atomic E-state index is 12.4. The van der Waals surface area contributed by atoms with Gasteiger partial charge in [-0.2, -0.15) is 0 Å². The van der Waals surface area contributed by atoms with Gasteiger partial charge in [0, 0.05) is 23.7 Å². The Morgan fingerprint density at radius 1 is 1.00 bits per heavy atom. The van der Waals surface area contributed by atoms with Gasteiger partial charge >= 0.3 is 6.09 Å². The standard InChI is InChI=1S/C24H23Cl2N3O4/c1-12(30)18-11-27-21-7-2-13(14-9-19(25)23(31)20(26)10-14)8-17(21)22(18)28-15-3-5-16(6-4-15)29-24(32)33/h2,7-11,15-16,29,31H,3-6H2,1H3,(H,27,28)(H,32,33)/t15-,16-. The Balaban J connectivity index is 1.71. The Morgan fingerprint density at radius 3 is 2.24 bits per heavy atom. The molecule has 0 saturated heterocycles. The summed E-state index contributed by atoms with van der Waals surface area (Å²) >= 11 is 12.2. The number of carboxylic acid groups (broad SMARTS) is 1. The highest BCUT2D eigenvalue weighted by Crippen LogP contribution is 2.38. The molecule has 1 fully saturated rings. The van der Waals surface area contributed by atoms with E-state index in [1.807, 2.05) is 18.2 Å². The summed E-state index contributed by atoms with van der Waals surface area (Å²) in [7, 11) is 0. The summed E-state index contributed by atoms with van der Waals surface area (Å²) in [5, 5.41) is 26.0. The van der Waals surface area contributed by atoms with E-state index in [9.17, 15) is 14.7 Å². The van der Waals surface area contributed by atoms with Crippen molar-refractivity contribution in [2.45, 2.75) is 44.7 Å². The molecule has 0 radical (unpaired) electrons. The van der Waals surface area contributed by atoms with Crippen molar-refractivity contribution in [2.75, 3.05) is 5.32 Å². The summed E-state index contributed by atoms with van der Waals surface area (Å²) in [6.07, 6.45) is 3.56. The molecule has 33 heavy (non-hydrogen) atoms. The minimum Gasteiger partial charge on any atom is -0.505 e. The second kappa shape index (κ2) is 9.45. The minimum absolute atomic E-state index is 0.0578. The highest BCUT2D eigenvalue weighted by Gasteiger charge is 2.24. The smallest absolute Gasteiger partial charge is 0.404 e. The number of carbonyl (C=O) groups excluding carboxylic acids is 1. The van der Waals surface area contributed by atoms with Gasteiger partial charge in [-0.15, -0.1) is 0 Å². The molecule has 1 saturated carbocycles. The Kier molecular flexibility index (Phi) is 6.63. The van der Waals surface area contributed by atoms with Crippen LogP contribution in [0.25, 0.3) is 22.0 Å². The number of phenols is 1. The molecule has 1 amide bonds. The molecular formula is C24H23Cl2N3O4. The molecule has 1 aliphatic rings. The second-order valence-corrected chi connectivity index (χ2v) is 9.08. The fourth-order valence-electron chi connectivity index (χ4n) is 4.29. The molecule has 0 unspecified atom stereocenters. The van der Waals surface area contributed by atoms with Crippen molar-refractivity contribution in [1.82, 2.24) is 10.3 Å². The zero-order valence-electron chi connectivity index (χ0n) is 17.9. The molecule has 2 aromatic carbocycles. The molecule has 0 bridgehead atoms. The van der Waals surface area contributed by atoms with E-state index in [-0.39, 0.29) is 33.7 Å². The number of aromatic nitrogens is 1. The van der Waals surface area contributed by atoms with E-state index in [4.69, 9.17) is 28.3 Å². The van der Waals surface area contributed by atoms with Crippen molar-refractivity contribution in [3.05, 3.63) is 52.1 Å². The van der Waals surface area contributed by atoms with Gasteiger partial charge < -0.3 is 20.8 Å². The average Bonchev–Trinajstić information content (AvgIpc) is 2.77. The first kappa shape index (κ1) is 23.1. The van der Waals surface area contributed by atoms with Gasteiger partial charge in [0.2, 0.25) is 0 Å². The third kappa shape index (κ3) is 4.99. The lowest BCUT2D eigenvalue weighted by atomic mass is 9.90. The zero-order chi connectivity index (χ0) is 23.7. The van der Waals surface area contributed by atoms with Crippen LogP contribution in [0.1, 0.15) is 43.0 Å². The zero-order valence-corrected chi connectivity index (χ0v) is 19.4. The van der Waals surface area contributed by atoms with Gasteiger partial charge in [-0.3, -0.25) is 9.78 Å². The molecule has 3 aromatic rings. The Labute approximate surface area is 200 Å². The maximum Gasteiger partial charge on any atom is 0.404 e. The van der Waals surface area contributed by atoms with E-state index in [1.54, 1.807) is 18.3 Å². The summed E-state index contributed by atoms with van der Waals surface area (Å²) < 4.78 is 0. The van der Waals surface area contributed by atoms with Gasteiger partial charge in [-0.05, 0) is 68.0 Å². The summed E-state index contributed by atoms with van der Waals surface area (Å²) in [5.41, 5.74) is 3.46. The van der Waals surface area contributed by atoms with Crippen LogP contribution in [0, 0.1) is 0 Å². The molecule has 0 spiro atoms. The van der Waals surface area contributed by atoms with E-state index in [2.05, 4.69) is 15.6 Å². The van der Waals surface area contributed by atoms with E-state index >= 15 is 0 Å². The average molecular weight is 488 g/mol. The number of phenolic OH excluding ortho intramolecular Hbond substituents is 1. The van der Waals surface area contributed by atoms with Crippen molar-refractivity contribution in [3.63, 3.8) is 0 Å². The Hall–Kier alpha value is -3.03. The lowest BCUT2D eigenvalue weighted by molar-refractivity contribution is 0.101. The highest BCUT2D eigenvalue weighted by molar-refractivity contribution is 6.37. The molecule has 7 nitrogen and oxygen atoms in total. The number of rotatable bonds is 5. The van der Waals surface area contributed by atoms with Gasteiger partial charge in [0.1, 0.15) is 0 Å². The fraction of sp³-hybridized carbons (Fsp3) is 0.292. The first-order valence-corrected chi connectivity index (χ1v) is 11.4. The molecule has 0 aliphatic heterocycles. The van der Waals surface area contributed by atoms with E-state index in [1.165, 1.54) is 6.92 Å². The van der Waals surface area contributed by atoms with E-state index < -0.39 is 6.09 Å². The normalized spacial score (nSPS) is 18.2. The predicted octanol–water partition coefficient (Wildman–Crippen LogP) is 6.11. The van der Waals surface area contributed by atoms with Crippen molar-refractivity contribution < 1.29 is 19.8 Å². The quantitative estimate of drug-likeness (QED) is 0.323. The van der Waals surface area contributed by atoms with Crippen LogP contribution in [-0.4, -0.2) is 39.2 Å². The molecule has 4 N–H and O–H groups in total. The number of nitrogens with one attached hydrogen (secondary N) is 2. The number of halogens is 2. The number of nitrogens with zero attached hydrogens (tertiary/aromatic N) is 1. The van der Waals surface area contributed by atoms with E-state index in [0.717, 1.165) is 47.7 Å². The van der Waals surface area contributed by atoms with Crippen molar-refractivity contribution in [2.24, 2.45) is 0 Å². The van der Waals surface area contributed by atoms with Crippen molar-refractivity contribution in [3.8, 4) is 16.9 Å². The van der Waals surface area contributed by atoms with Gasteiger partial charge in [0.05, 0.1) is 26.8 Å². The van der Waals surface area contributed by atoms with Crippen LogP contribution in [0.4, 0.5) is 10.5 Å². The van der Waals surface area contributed by atoms with Crippen LogP contribution in [0.15, 0.2) is 36.5 Å². The number of hydrogen-bond donors (Lipinski definition) is 4. The van der Waals surface area contributed by atoms with Gasteiger partial charge in [-0.25, -0.2) is 4.79 Å². The molecule has 1 aromatic heterocycles. The number of Topliss-reactive ketones (excluding diaryl/α,β-unsaturated/α-hetero) is 1. The summed E-state index contributed by atoms with van der Waals surface area (Å²) in [6, 6.07) is 8.98. The third-order valence-electron chi connectivity index (χ3n) is 6.00. The van der Waals surface area contributed by atoms with Crippen LogP contribution in [0.5, 0.6) is 5.75 Å². The summed E-state index contributed by atoms with van der Waals surface area (Å²) in [4.78, 5) is 27.8. The lowest BCUT2D eigenvalue weighted by Gasteiger charge is -2.30. The first-order valence-electron chi connectivity index (χ1n) is 10.6. The largest absolute Gasteiger partial charge is 0.505 e. The third-order valence-corrected chi connectivity index (χ3v) is 6.58. The molecule has 1 aliphatic carbocycles. The minimum atomic E-state index is -1.01. The first-order chi connectivity index (χ1) is 15.7. The number of hydrogen-bond acceptors (Lipinski definition) is 5. The molecule has 1 heterocycles. The molecular weight excluding hydrogens is 465 g/mol. The van der Waals surface area contributed by atoms with Crippen LogP contribution in [0.2, 0.25) is 10.0 Å². The molecule has 9 heteroatoms. The predicted molar refractivity (Wildman–Crippen MR) is 130 cm³/mol. The summed E-state index contributed by atoms with van der Waals surface area (Å²) in [5.74, 6) is -0.270. The number of ketones is 1. The van der Waals surface area contributed by atoms with Gasteiger partial charge in [0.15, 0.2) is 11.5 Å². The number of anilines is 1. The molecule has 4 rings (SSSR count). The van der Waals surface area contributed by atoms with Crippen molar-refractivity contribution in [1.29, 1.82) is 0 Å². The second-order valence-electron chi connectivity index (χ2n) is 8.27. The van der Waals surface area contributed by atoms with Crippen LogP contribution in [0.3, 0.4) is 0 Å². The van der Waals surface area contributed by atoms with Crippen LogP contribution in [-0.2, 0) is 0 Å². The summed E-state index contributed by atoms with van der Waals surface area (Å²) in [6.45, 7) is 1.51. The molecule has 0 atom stereocenters. The number of benzene rings is 2. The van der Waals surface area contributed by atoms with Crippen LogP contribution < -0.4 is 10.6 Å². The number of aromatic hydroxyl groups is 1. The highest BCUT2D eigenvalue weighted by atomic mass is 35.5. The van der Waals surface area contributed by atoms with Gasteiger partial charge in [-0.1, -0.05) is 29.3 Å². The van der Waals surface area contributed by atoms with Crippen LogP contribution >= 0.6 is 23.2 Å². The van der Waals surface area contributed by atoms with Crippen molar-refractivity contribution >= 4 is 51.7 Å². The SMILES string of the molecule is CC(=O)c1cnc2ccc(-c3cc(Cl)c(O)c(Cl)c3)cc2c1N[C@H]1CC[C@H](NC(=O)O)CC1. The number of carbonyl (C=O) groups is 2. The maximum atomic E-state index is 12.4. The monoisotopic (exact) mass is 487 g/mol. The number of pyridine rings is 1. The fourth-order valence-corrected chi connectivity index (χ4v) is 4.77.